The van der Waals surface area contributed by atoms with E-state index in [2.05, 4.69) is 26.2 Å². The SMILES string of the molecule is Cc1cc(Br)cc(-n2cc(CCS(C)(=N)=O)nn2)c1. The normalized spacial score (nSPS) is 14.3. The summed E-state index contributed by atoms with van der Waals surface area (Å²) in [6.07, 6.45) is 3.76. The number of nitrogens with one attached hydrogen (secondary N) is 1. The molecule has 19 heavy (non-hydrogen) atoms. The van der Waals surface area contributed by atoms with Crippen molar-refractivity contribution >= 4 is 25.7 Å². The second kappa shape index (κ2) is 5.42. The summed E-state index contributed by atoms with van der Waals surface area (Å²) in [6.45, 7) is 2.01. The number of benzene rings is 1. The number of nitrogens with zero attached hydrogens (tertiary/aromatic N) is 3. The zero-order valence-electron chi connectivity index (χ0n) is 10.8. The molecular formula is C12H15BrN4OS. The van der Waals surface area contributed by atoms with Gasteiger partial charge in [-0.2, -0.15) is 0 Å². The van der Waals surface area contributed by atoms with Crippen molar-refractivity contribution < 1.29 is 4.21 Å². The van der Waals surface area contributed by atoms with Gasteiger partial charge in [0.15, 0.2) is 0 Å². The summed E-state index contributed by atoms with van der Waals surface area (Å²) in [5.74, 6) is 0.309. The van der Waals surface area contributed by atoms with E-state index < -0.39 is 9.73 Å². The molecular weight excluding hydrogens is 328 g/mol. The predicted octanol–water partition coefficient (Wildman–Crippen LogP) is 2.56. The minimum absolute atomic E-state index is 0.309. The van der Waals surface area contributed by atoms with Crippen molar-refractivity contribution in [3.63, 3.8) is 0 Å². The van der Waals surface area contributed by atoms with Crippen LogP contribution in [-0.4, -0.2) is 31.2 Å². The maximum atomic E-state index is 11.3. The lowest BCUT2D eigenvalue weighted by Gasteiger charge is -2.02. The third kappa shape index (κ3) is 4.14. The van der Waals surface area contributed by atoms with E-state index in [1.54, 1.807) is 4.68 Å². The van der Waals surface area contributed by atoms with Gasteiger partial charge in [-0.1, -0.05) is 21.1 Å². The zero-order chi connectivity index (χ0) is 14.0. The fourth-order valence-electron chi connectivity index (χ4n) is 1.69. The Kier molecular flexibility index (Phi) is 4.05. The van der Waals surface area contributed by atoms with Crippen molar-refractivity contribution in [3.05, 3.63) is 40.1 Å². The summed E-state index contributed by atoms with van der Waals surface area (Å²) >= 11 is 3.45. The molecule has 1 atom stereocenters. The van der Waals surface area contributed by atoms with Gasteiger partial charge in [0.25, 0.3) is 0 Å². The highest BCUT2D eigenvalue weighted by molar-refractivity contribution is 9.10. The molecule has 0 aliphatic rings. The molecule has 7 heteroatoms. The summed E-state index contributed by atoms with van der Waals surface area (Å²) in [7, 11) is -2.48. The van der Waals surface area contributed by atoms with Crippen molar-refractivity contribution in [3.8, 4) is 5.69 Å². The average Bonchev–Trinajstić information content (AvgIpc) is 2.72. The van der Waals surface area contributed by atoms with Gasteiger partial charge in [0.05, 0.1) is 17.6 Å². The van der Waals surface area contributed by atoms with E-state index >= 15 is 0 Å². The van der Waals surface area contributed by atoms with E-state index in [1.807, 2.05) is 31.3 Å². The van der Waals surface area contributed by atoms with E-state index in [1.165, 1.54) is 6.26 Å². The monoisotopic (exact) mass is 342 g/mol. The van der Waals surface area contributed by atoms with Gasteiger partial charge < -0.3 is 0 Å². The first-order valence-corrected chi connectivity index (χ1v) is 8.66. The van der Waals surface area contributed by atoms with Crippen LogP contribution in [0.3, 0.4) is 0 Å². The number of rotatable bonds is 4. The molecule has 1 heterocycles. The van der Waals surface area contributed by atoms with E-state index in [0.717, 1.165) is 21.4 Å². The molecule has 1 aromatic carbocycles. The van der Waals surface area contributed by atoms with Gasteiger partial charge in [-0.3, -0.25) is 8.99 Å². The second-order valence-electron chi connectivity index (χ2n) is 4.60. The average molecular weight is 343 g/mol. The van der Waals surface area contributed by atoms with Crippen LogP contribution in [0.1, 0.15) is 11.3 Å². The summed E-state index contributed by atoms with van der Waals surface area (Å²) in [5.41, 5.74) is 2.80. The van der Waals surface area contributed by atoms with Crippen LogP contribution >= 0.6 is 15.9 Å². The van der Waals surface area contributed by atoms with E-state index in [0.29, 0.717) is 12.2 Å². The smallest absolute Gasteiger partial charge is 0.0841 e. The molecule has 0 saturated carbocycles. The molecule has 2 rings (SSSR count). The highest BCUT2D eigenvalue weighted by atomic mass is 79.9. The first kappa shape index (κ1) is 14.2. The molecule has 0 bridgehead atoms. The first-order chi connectivity index (χ1) is 8.83. The summed E-state index contributed by atoms with van der Waals surface area (Å²) < 4.78 is 21.4. The summed E-state index contributed by atoms with van der Waals surface area (Å²) in [6, 6.07) is 5.99. The molecule has 0 radical (unpaired) electrons. The van der Waals surface area contributed by atoms with Gasteiger partial charge in [-0.25, -0.2) is 4.68 Å². The van der Waals surface area contributed by atoms with Crippen LogP contribution in [0, 0.1) is 11.7 Å². The highest BCUT2D eigenvalue weighted by Gasteiger charge is 2.06. The molecule has 0 aliphatic heterocycles. The van der Waals surface area contributed by atoms with Crippen molar-refractivity contribution in [2.75, 3.05) is 12.0 Å². The van der Waals surface area contributed by atoms with Gasteiger partial charge in [-0.05, 0) is 30.7 Å². The van der Waals surface area contributed by atoms with Gasteiger partial charge in [0.1, 0.15) is 0 Å². The second-order valence-corrected chi connectivity index (χ2v) is 7.93. The Morgan fingerprint density at radius 1 is 1.42 bits per heavy atom. The lowest BCUT2D eigenvalue weighted by molar-refractivity contribution is 0.677. The van der Waals surface area contributed by atoms with Crippen LogP contribution in [0.15, 0.2) is 28.9 Å². The first-order valence-electron chi connectivity index (χ1n) is 5.74. The molecule has 0 amide bonds. The van der Waals surface area contributed by atoms with Gasteiger partial charge in [-0.15, -0.1) is 5.10 Å². The summed E-state index contributed by atoms with van der Waals surface area (Å²) in [4.78, 5) is 0. The third-order valence-electron chi connectivity index (χ3n) is 2.58. The number of aromatic nitrogens is 3. The number of aryl methyl sites for hydroxylation is 2. The fourth-order valence-corrected chi connectivity index (χ4v) is 2.88. The van der Waals surface area contributed by atoms with Crippen LogP contribution in [0.2, 0.25) is 0 Å². The molecule has 0 saturated heterocycles. The van der Waals surface area contributed by atoms with Crippen LogP contribution in [0.5, 0.6) is 0 Å². The molecule has 0 spiro atoms. The Morgan fingerprint density at radius 2 is 2.16 bits per heavy atom. The maximum Gasteiger partial charge on any atom is 0.0841 e. The molecule has 5 nitrogen and oxygen atoms in total. The summed E-state index contributed by atoms with van der Waals surface area (Å²) in [5, 5.41) is 8.10. The van der Waals surface area contributed by atoms with Crippen LogP contribution < -0.4 is 0 Å². The van der Waals surface area contributed by atoms with Crippen LogP contribution in [-0.2, 0) is 16.1 Å². The third-order valence-corrected chi connectivity index (χ3v) is 4.02. The van der Waals surface area contributed by atoms with Gasteiger partial charge in [0.2, 0.25) is 0 Å². The van der Waals surface area contributed by atoms with Gasteiger partial charge >= 0.3 is 0 Å². The molecule has 0 fully saturated rings. The Bertz CT molecular complexity index is 673. The van der Waals surface area contributed by atoms with E-state index in [4.69, 9.17) is 4.78 Å². The highest BCUT2D eigenvalue weighted by Crippen LogP contribution is 2.18. The molecule has 1 unspecified atom stereocenters. The largest absolute Gasteiger partial charge is 0.253 e. The minimum Gasteiger partial charge on any atom is -0.253 e. The minimum atomic E-state index is -2.48. The fraction of sp³-hybridized carbons (Fsp3) is 0.333. The van der Waals surface area contributed by atoms with E-state index in [9.17, 15) is 4.21 Å². The lowest BCUT2D eigenvalue weighted by atomic mass is 10.2. The molecule has 1 aromatic heterocycles. The number of halogens is 1. The van der Waals surface area contributed by atoms with Crippen molar-refractivity contribution in [1.29, 1.82) is 4.78 Å². The Hall–Kier alpha value is -1.21. The quantitative estimate of drug-likeness (QED) is 0.927. The van der Waals surface area contributed by atoms with Crippen LogP contribution in [0.25, 0.3) is 5.69 Å². The Balaban J connectivity index is 2.21. The standard InChI is InChI=1S/C12H15BrN4OS/c1-9-5-10(13)7-12(6-9)17-8-11(15-16-17)3-4-19(2,14)18/h5-8,14H,3-4H2,1-2H3. The number of hydrogen-bond donors (Lipinski definition) is 1. The Labute approximate surface area is 121 Å². The van der Waals surface area contributed by atoms with Crippen molar-refractivity contribution in [2.45, 2.75) is 13.3 Å². The van der Waals surface area contributed by atoms with E-state index in [-0.39, 0.29) is 0 Å². The maximum absolute atomic E-state index is 11.3. The zero-order valence-corrected chi connectivity index (χ0v) is 13.2. The van der Waals surface area contributed by atoms with Gasteiger partial charge in [0, 0.05) is 32.6 Å². The number of hydrogen-bond acceptors (Lipinski definition) is 4. The predicted molar refractivity (Wildman–Crippen MR) is 79.2 cm³/mol. The van der Waals surface area contributed by atoms with Crippen molar-refractivity contribution in [2.24, 2.45) is 0 Å². The molecule has 0 aliphatic carbocycles. The molecule has 1 N–H and O–H groups in total. The topological polar surface area (TPSA) is 71.6 Å². The van der Waals surface area contributed by atoms with Crippen molar-refractivity contribution in [1.82, 2.24) is 15.0 Å². The molecule has 2 aromatic rings. The molecule has 102 valence electrons. The van der Waals surface area contributed by atoms with Crippen LogP contribution in [0.4, 0.5) is 0 Å². The lowest BCUT2D eigenvalue weighted by Crippen LogP contribution is -2.04. The Morgan fingerprint density at radius 3 is 2.79 bits per heavy atom.